The molecule has 0 spiro atoms. The number of urea groups is 1. The average Bonchev–Trinajstić information content (AvgIpc) is 3.00. The number of nitrogens with one attached hydrogen (secondary N) is 1. The van der Waals surface area contributed by atoms with E-state index in [-0.39, 0.29) is 18.1 Å². The predicted molar refractivity (Wildman–Crippen MR) is 109 cm³/mol. The number of primary amides is 1. The van der Waals surface area contributed by atoms with Gasteiger partial charge in [-0.25, -0.2) is 4.79 Å². The maximum absolute atomic E-state index is 12.7. The molecule has 3 N–H and O–H groups in total. The van der Waals surface area contributed by atoms with Crippen molar-refractivity contribution in [3.05, 3.63) is 76.9 Å². The molecule has 142 valence electrons. The summed E-state index contributed by atoms with van der Waals surface area (Å²) in [5.74, 6) is -0.596. The highest BCUT2D eigenvalue weighted by molar-refractivity contribution is 6.36. The minimum atomic E-state index is -0.596. The number of hydrogen-bond acceptors (Lipinski definition) is 2. The Morgan fingerprint density at radius 3 is 2.25 bits per heavy atom. The molecular weight excluding hydrogens is 376 g/mol. The second kappa shape index (κ2) is 7.40. The Morgan fingerprint density at radius 1 is 0.964 bits per heavy atom. The first-order valence-electron chi connectivity index (χ1n) is 8.93. The number of rotatable bonds is 3. The maximum atomic E-state index is 12.7. The lowest BCUT2D eigenvalue weighted by molar-refractivity contribution is 0.0997. The van der Waals surface area contributed by atoms with Crippen molar-refractivity contribution in [2.45, 2.75) is 13.1 Å². The zero-order chi connectivity index (χ0) is 19.7. The standard InChI is InChI=1S/C21H19ClN4O2/c22-18-17(20(23)27)16-13-25(21(28)24-15-9-5-2-6-10-15)11-12-26(16)19(18)14-7-3-1-4-8-14/h1-10H,11-13H2,(H2,23,27)(H,24,28). The first-order valence-corrected chi connectivity index (χ1v) is 9.31. The monoisotopic (exact) mass is 394 g/mol. The first-order chi connectivity index (χ1) is 13.6. The number of carbonyl (C=O) groups is 2. The largest absolute Gasteiger partial charge is 0.365 e. The Kier molecular flexibility index (Phi) is 4.79. The highest BCUT2D eigenvalue weighted by Crippen LogP contribution is 2.37. The molecule has 28 heavy (non-hydrogen) atoms. The predicted octanol–water partition coefficient (Wildman–Crippen LogP) is 3.96. The SMILES string of the molecule is NC(=O)c1c(Cl)c(-c2ccccc2)n2c1CN(C(=O)Nc1ccccc1)CC2. The fourth-order valence-corrected chi connectivity index (χ4v) is 3.96. The number of nitrogens with two attached hydrogens (primary N) is 1. The van der Waals surface area contributed by atoms with Gasteiger partial charge in [0.05, 0.1) is 28.5 Å². The Morgan fingerprint density at radius 2 is 1.61 bits per heavy atom. The van der Waals surface area contributed by atoms with Crippen LogP contribution in [-0.4, -0.2) is 28.0 Å². The number of anilines is 1. The molecule has 1 aliphatic rings. The third-order valence-corrected chi connectivity index (χ3v) is 5.22. The lowest BCUT2D eigenvalue weighted by atomic mass is 10.1. The topological polar surface area (TPSA) is 80.4 Å². The van der Waals surface area contributed by atoms with Crippen molar-refractivity contribution in [1.29, 1.82) is 0 Å². The number of benzene rings is 2. The molecule has 3 aromatic rings. The van der Waals surface area contributed by atoms with Crippen molar-refractivity contribution in [2.24, 2.45) is 5.73 Å². The normalized spacial score (nSPS) is 13.1. The zero-order valence-corrected chi connectivity index (χ0v) is 15.8. The van der Waals surface area contributed by atoms with Gasteiger partial charge < -0.3 is 20.5 Å². The van der Waals surface area contributed by atoms with Gasteiger partial charge in [0.25, 0.3) is 5.91 Å². The summed E-state index contributed by atoms with van der Waals surface area (Å²) in [5, 5.41) is 3.21. The Balaban J connectivity index is 1.68. The number of carbonyl (C=O) groups excluding carboxylic acids is 2. The molecule has 6 nitrogen and oxygen atoms in total. The van der Waals surface area contributed by atoms with E-state index in [4.69, 9.17) is 17.3 Å². The van der Waals surface area contributed by atoms with Gasteiger partial charge in [0, 0.05) is 18.8 Å². The number of aromatic nitrogens is 1. The van der Waals surface area contributed by atoms with Crippen molar-refractivity contribution in [3.63, 3.8) is 0 Å². The molecule has 0 bridgehead atoms. The van der Waals surface area contributed by atoms with Gasteiger partial charge in [-0.3, -0.25) is 4.79 Å². The fraction of sp³-hybridized carbons (Fsp3) is 0.143. The van der Waals surface area contributed by atoms with Crippen LogP contribution >= 0.6 is 11.6 Å². The lowest BCUT2D eigenvalue weighted by Crippen LogP contribution is -2.41. The van der Waals surface area contributed by atoms with Crippen molar-refractivity contribution in [2.75, 3.05) is 11.9 Å². The summed E-state index contributed by atoms with van der Waals surface area (Å²) in [6.07, 6.45) is 0. The number of nitrogens with zero attached hydrogens (tertiary/aromatic N) is 2. The van der Waals surface area contributed by atoms with E-state index in [2.05, 4.69) is 5.32 Å². The quantitative estimate of drug-likeness (QED) is 0.705. The molecule has 0 saturated heterocycles. The average molecular weight is 395 g/mol. The van der Waals surface area contributed by atoms with Crippen LogP contribution in [0.2, 0.25) is 5.02 Å². The minimum Gasteiger partial charge on any atom is -0.365 e. The molecule has 2 heterocycles. The van der Waals surface area contributed by atoms with Crippen LogP contribution in [0.1, 0.15) is 16.1 Å². The van der Waals surface area contributed by atoms with Gasteiger partial charge in [0.2, 0.25) is 0 Å². The van der Waals surface area contributed by atoms with Gasteiger partial charge >= 0.3 is 6.03 Å². The molecular formula is C21H19ClN4O2. The molecule has 0 atom stereocenters. The molecule has 2 aromatic carbocycles. The summed E-state index contributed by atoms with van der Waals surface area (Å²) in [6, 6.07) is 18.6. The van der Waals surface area contributed by atoms with Crippen LogP contribution < -0.4 is 11.1 Å². The minimum absolute atomic E-state index is 0.230. The van der Waals surface area contributed by atoms with Crippen LogP contribution in [0.3, 0.4) is 0 Å². The van der Waals surface area contributed by atoms with Gasteiger partial charge in [-0.2, -0.15) is 0 Å². The molecule has 4 rings (SSSR count). The third-order valence-electron chi connectivity index (χ3n) is 4.85. The van der Waals surface area contributed by atoms with Crippen LogP contribution in [0.15, 0.2) is 60.7 Å². The van der Waals surface area contributed by atoms with Gasteiger partial charge in [-0.05, 0) is 17.7 Å². The zero-order valence-electron chi connectivity index (χ0n) is 15.1. The van der Waals surface area contributed by atoms with Crippen LogP contribution in [0, 0.1) is 0 Å². The fourth-order valence-electron chi connectivity index (χ4n) is 3.55. The van der Waals surface area contributed by atoms with Crippen molar-refractivity contribution in [1.82, 2.24) is 9.47 Å². The summed E-state index contributed by atoms with van der Waals surface area (Å²) in [6.45, 7) is 1.27. The molecule has 0 aliphatic carbocycles. The van der Waals surface area contributed by atoms with E-state index in [0.29, 0.717) is 29.5 Å². The van der Waals surface area contributed by atoms with Gasteiger partial charge in [-0.1, -0.05) is 60.1 Å². The number of amides is 3. The maximum Gasteiger partial charge on any atom is 0.322 e. The molecule has 7 heteroatoms. The van der Waals surface area contributed by atoms with Crippen molar-refractivity contribution < 1.29 is 9.59 Å². The second-order valence-corrected chi connectivity index (χ2v) is 6.96. The molecule has 0 unspecified atom stereocenters. The summed E-state index contributed by atoms with van der Waals surface area (Å²) < 4.78 is 1.99. The first kappa shape index (κ1) is 18.1. The molecule has 1 aromatic heterocycles. The number of hydrogen-bond donors (Lipinski definition) is 2. The summed E-state index contributed by atoms with van der Waals surface area (Å²) in [4.78, 5) is 26.4. The Hall–Kier alpha value is -3.25. The summed E-state index contributed by atoms with van der Waals surface area (Å²) in [5.41, 5.74) is 8.93. The second-order valence-electron chi connectivity index (χ2n) is 6.58. The van der Waals surface area contributed by atoms with Crippen LogP contribution in [0.4, 0.5) is 10.5 Å². The molecule has 3 amide bonds. The van der Waals surface area contributed by atoms with Crippen LogP contribution in [-0.2, 0) is 13.1 Å². The van der Waals surface area contributed by atoms with E-state index < -0.39 is 5.91 Å². The van der Waals surface area contributed by atoms with Gasteiger partial charge in [0.1, 0.15) is 0 Å². The number of halogens is 1. The molecule has 1 aliphatic heterocycles. The summed E-state index contributed by atoms with van der Waals surface area (Å²) in [7, 11) is 0. The van der Waals surface area contributed by atoms with E-state index in [1.54, 1.807) is 4.90 Å². The van der Waals surface area contributed by atoms with E-state index in [1.807, 2.05) is 65.2 Å². The lowest BCUT2D eigenvalue weighted by Gasteiger charge is -2.30. The molecule has 0 fully saturated rings. The van der Waals surface area contributed by atoms with Crippen LogP contribution in [0.5, 0.6) is 0 Å². The summed E-state index contributed by atoms with van der Waals surface area (Å²) >= 11 is 6.57. The number of fused-ring (bicyclic) bond motifs is 1. The van der Waals surface area contributed by atoms with Crippen LogP contribution in [0.25, 0.3) is 11.3 Å². The van der Waals surface area contributed by atoms with Crippen molar-refractivity contribution >= 4 is 29.2 Å². The van der Waals surface area contributed by atoms with E-state index in [1.165, 1.54) is 0 Å². The number of para-hydroxylation sites is 1. The third kappa shape index (κ3) is 3.23. The van der Waals surface area contributed by atoms with Gasteiger partial charge in [0.15, 0.2) is 0 Å². The molecule has 0 radical (unpaired) electrons. The smallest absolute Gasteiger partial charge is 0.322 e. The van der Waals surface area contributed by atoms with Crippen molar-refractivity contribution in [3.8, 4) is 11.3 Å². The highest BCUT2D eigenvalue weighted by atomic mass is 35.5. The van der Waals surface area contributed by atoms with E-state index >= 15 is 0 Å². The molecule has 0 saturated carbocycles. The Bertz CT molecular complexity index is 1030. The van der Waals surface area contributed by atoms with Gasteiger partial charge in [-0.15, -0.1) is 0 Å². The highest BCUT2D eigenvalue weighted by Gasteiger charge is 2.31. The van der Waals surface area contributed by atoms with E-state index in [9.17, 15) is 9.59 Å². The van der Waals surface area contributed by atoms with E-state index in [0.717, 1.165) is 11.3 Å². The Labute approximate surface area is 167 Å².